The van der Waals surface area contributed by atoms with Gasteiger partial charge in [-0.3, -0.25) is 0 Å². The average Bonchev–Trinajstić information content (AvgIpc) is 2.04. The van der Waals surface area contributed by atoms with Gasteiger partial charge in [0.15, 0.2) is 5.75 Å². The molecular formula is C7H7NNaO3. The predicted molar refractivity (Wildman–Crippen MR) is 44.0 cm³/mol. The van der Waals surface area contributed by atoms with Crippen LogP contribution in [0.25, 0.3) is 0 Å². The number of rotatable bonds is 2. The van der Waals surface area contributed by atoms with E-state index in [0.717, 1.165) is 0 Å². The van der Waals surface area contributed by atoms with E-state index in [1.165, 1.54) is 12.1 Å². The Kier molecular flexibility index (Phi) is 4.92. The van der Waals surface area contributed by atoms with Gasteiger partial charge in [-0.15, -0.1) is 0 Å². The molecule has 0 bridgehead atoms. The number of hydrogen-bond acceptors (Lipinski definition) is 3. The largest absolute Gasteiger partial charge is 0.478 e. The topological polar surface area (TPSA) is 72.5 Å². The minimum atomic E-state index is -1.05. The summed E-state index contributed by atoms with van der Waals surface area (Å²) in [6.07, 6.45) is 0. The summed E-state index contributed by atoms with van der Waals surface area (Å²) < 4.78 is 0. The monoisotopic (exact) mass is 176 g/mol. The van der Waals surface area contributed by atoms with E-state index in [-0.39, 0.29) is 40.9 Å². The van der Waals surface area contributed by atoms with Gasteiger partial charge in [-0.25, -0.2) is 4.79 Å². The molecule has 5 heteroatoms. The maximum absolute atomic E-state index is 10.4. The van der Waals surface area contributed by atoms with E-state index in [1.807, 2.05) is 0 Å². The van der Waals surface area contributed by atoms with Crippen LogP contribution in [0, 0.1) is 0 Å². The molecule has 0 unspecified atom stereocenters. The van der Waals surface area contributed by atoms with Crippen LogP contribution < -0.4 is 10.7 Å². The quantitative estimate of drug-likeness (QED) is 0.500. The summed E-state index contributed by atoms with van der Waals surface area (Å²) in [6.45, 7) is 0. The van der Waals surface area contributed by atoms with Crippen molar-refractivity contribution in [3.05, 3.63) is 29.8 Å². The molecule has 1 aromatic carbocycles. The van der Waals surface area contributed by atoms with E-state index in [1.54, 1.807) is 12.1 Å². The standard InChI is InChI=1S/C7H7NO3.Na/c8-11-6-4-2-1-3-5(6)7(9)10;/h1-4H,8H2,(H,9,10);. The van der Waals surface area contributed by atoms with Gasteiger partial charge in [0, 0.05) is 29.6 Å². The molecule has 0 saturated carbocycles. The van der Waals surface area contributed by atoms with Crippen molar-refractivity contribution in [2.45, 2.75) is 0 Å². The molecule has 1 rings (SSSR count). The van der Waals surface area contributed by atoms with Gasteiger partial charge >= 0.3 is 5.97 Å². The third-order valence-corrected chi connectivity index (χ3v) is 1.24. The van der Waals surface area contributed by atoms with Gasteiger partial charge in [0.2, 0.25) is 0 Å². The molecule has 1 aromatic rings. The first-order valence-corrected chi connectivity index (χ1v) is 2.94. The summed E-state index contributed by atoms with van der Waals surface area (Å²) in [5, 5.41) is 8.56. The number of carboxylic acid groups (broad SMARTS) is 1. The number of hydrogen-bond donors (Lipinski definition) is 2. The fraction of sp³-hybridized carbons (Fsp3) is 0. The van der Waals surface area contributed by atoms with Crippen LogP contribution in [0.4, 0.5) is 0 Å². The van der Waals surface area contributed by atoms with E-state index in [4.69, 9.17) is 11.0 Å². The van der Waals surface area contributed by atoms with Crippen molar-refractivity contribution in [3.8, 4) is 5.75 Å². The Balaban J connectivity index is 0.00000121. The van der Waals surface area contributed by atoms with Crippen LogP contribution in [0.2, 0.25) is 0 Å². The molecule has 4 nitrogen and oxygen atoms in total. The smallest absolute Gasteiger partial charge is 0.339 e. The van der Waals surface area contributed by atoms with Gasteiger partial charge < -0.3 is 9.94 Å². The third-order valence-electron chi connectivity index (χ3n) is 1.24. The second-order valence-electron chi connectivity index (χ2n) is 1.92. The summed E-state index contributed by atoms with van der Waals surface area (Å²) in [5.41, 5.74) is 0.0648. The second kappa shape index (κ2) is 5.16. The number of carbonyl (C=O) groups is 1. The van der Waals surface area contributed by atoms with E-state index in [2.05, 4.69) is 4.84 Å². The number of benzene rings is 1. The summed E-state index contributed by atoms with van der Waals surface area (Å²) in [6, 6.07) is 6.16. The number of aromatic carboxylic acids is 1. The van der Waals surface area contributed by atoms with Crippen LogP contribution in [0.3, 0.4) is 0 Å². The van der Waals surface area contributed by atoms with E-state index < -0.39 is 5.97 Å². The second-order valence-corrected chi connectivity index (χ2v) is 1.92. The first kappa shape index (κ1) is 11.4. The Labute approximate surface area is 91.6 Å². The maximum atomic E-state index is 10.4. The summed E-state index contributed by atoms with van der Waals surface area (Å²) in [5.74, 6) is 3.94. The first-order valence-electron chi connectivity index (χ1n) is 2.94. The Morgan fingerprint density at radius 2 is 2.00 bits per heavy atom. The van der Waals surface area contributed by atoms with E-state index in [0.29, 0.717) is 0 Å². The van der Waals surface area contributed by atoms with Gasteiger partial charge in [-0.2, -0.15) is 5.90 Å². The van der Waals surface area contributed by atoms with Crippen LogP contribution in [0.15, 0.2) is 24.3 Å². The zero-order valence-corrected chi connectivity index (χ0v) is 8.65. The van der Waals surface area contributed by atoms with Crippen molar-refractivity contribution >= 4 is 35.5 Å². The van der Waals surface area contributed by atoms with Crippen molar-refractivity contribution in [3.63, 3.8) is 0 Å². The molecule has 1 radical (unpaired) electrons. The molecule has 0 atom stereocenters. The molecule has 0 aliphatic rings. The van der Waals surface area contributed by atoms with Gasteiger partial charge in [-0.05, 0) is 12.1 Å². The van der Waals surface area contributed by atoms with Crippen molar-refractivity contribution in [2.24, 2.45) is 5.90 Å². The minimum Gasteiger partial charge on any atom is -0.478 e. The normalized spacial score (nSPS) is 8.42. The molecule has 0 heterocycles. The van der Waals surface area contributed by atoms with Crippen LogP contribution in [0.1, 0.15) is 10.4 Å². The number of nitrogens with two attached hydrogens (primary N) is 1. The number of para-hydroxylation sites is 1. The molecule has 59 valence electrons. The number of carboxylic acids is 1. The molecule has 0 aromatic heterocycles. The third kappa shape index (κ3) is 2.49. The Bertz CT molecular complexity index is 277. The molecule has 0 aliphatic carbocycles. The summed E-state index contributed by atoms with van der Waals surface area (Å²) in [4.78, 5) is 14.8. The molecular weight excluding hydrogens is 169 g/mol. The molecule has 0 amide bonds. The predicted octanol–water partition coefficient (Wildman–Crippen LogP) is 0.257. The van der Waals surface area contributed by atoms with Gasteiger partial charge in [-0.1, -0.05) is 12.1 Å². The van der Waals surface area contributed by atoms with E-state index in [9.17, 15) is 4.79 Å². The van der Waals surface area contributed by atoms with Crippen molar-refractivity contribution in [1.82, 2.24) is 0 Å². The van der Waals surface area contributed by atoms with Crippen LogP contribution in [-0.4, -0.2) is 40.6 Å². The summed E-state index contributed by atoms with van der Waals surface area (Å²) in [7, 11) is 0. The Morgan fingerprint density at radius 1 is 1.42 bits per heavy atom. The minimum absolute atomic E-state index is 0. The van der Waals surface area contributed by atoms with Gasteiger partial charge in [0.05, 0.1) is 0 Å². The Morgan fingerprint density at radius 3 is 2.42 bits per heavy atom. The molecule has 0 aliphatic heterocycles. The zero-order chi connectivity index (χ0) is 8.27. The average molecular weight is 176 g/mol. The van der Waals surface area contributed by atoms with Gasteiger partial charge in [0.25, 0.3) is 0 Å². The van der Waals surface area contributed by atoms with E-state index >= 15 is 0 Å². The van der Waals surface area contributed by atoms with Gasteiger partial charge in [0.1, 0.15) is 5.56 Å². The molecule has 12 heavy (non-hydrogen) atoms. The van der Waals surface area contributed by atoms with Crippen LogP contribution in [-0.2, 0) is 0 Å². The molecule has 0 fully saturated rings. The zero-order valence-electron chi connectivity index (χ0n) is 6.65. The molecule has 0 saturated heterocycles. The van der Waals surface area contributed by atoms with Crippen LogP contribution in [0.5, 0.6) is 5.75 Å². The van der Waals surface area contributed by atoms with Crippen molar-refractivity contribution < 1.29 is 14.7 Å². The van der Waals surface area contributed by atoms with Crippen LogP contribution >= 0.6 is 0 Å². The van der Waals surface area contributed by atoms with Crippen molar-refractivity contribution in [2.75, 3.05) is 0 Å². The maximum Gasteiger partial charge on any atom is 0.339 e. The summed E-state index contributed by atoms with van der Waals surface area (Å²) >= 11 is 0. The van der Waals surface area contributed by atoms with Crippen molar-refractivity contribution in [1.29, 1.82) is 0 Å². The first-order chi connectivity index (χ1) is 5.25. The SMILES string of the molecule is NOc1ccccc1C(=O)O.[Na]. The fourth-order valence-electron chi connectivity index (χ4n) is 0.746. The Hall–Kier alpha value is -0.550. The fourth-order valence-corrected chi connectivity index (χ4v) is 0.746. The molecule has 3 N–H and O–H groups in total. The molecule has 0 spiro atoms.